The highest BCUT2D eigenvalue weighted by Gasteiger charge is 2.29. The predicted octanol–water partition coefficient (Wildman–Crippen LogP) is 4.24. The highest BCUT2D eigenvalue weighted by Crippen LogP contribution is 2.26. The second kappa shape index (κ2) is 7.22. The van der Waals surface area contributed by atoms with Gasteiger partial charge in [0.15, 0.2) is 0 Å². The van der Waals surface area contributed by atoms with E-state index in [1.807, 2.05) is 38.1 Å². The van der Waals surface area contributed by atoms with Crippen molar-refractivity contribution in [3.05, 3.63) is 86.3 Å². The molecule has 2 aromatic carbocycles. The molecule has 1 aliphatic heterocycles. The number of anilines is 1. The van der Waals surface area contributed by atoms with Gasteiger partial charge in [-0.3, -0.25) is 14.7 Å². The van der Waals surface area contributed by atoms with Crippen molar-refractivity contribution in [2.45, 2.75) is 20.8 Å². The van der Waals surface area contributed by atoms with Crippen LogP contribution in [0, 0.1) is 13.8 Å². The molecule has 0 bridgehead atoms. The zero-order valence-electron chi connectivity index (χ0n) is 16.2. The fourth-order valence-electron chi connectivity index (χ4n) is 3.30. The third-order valence-electron chi connectivity index (χ3n) is 4.90. The van der Waals surface area contributed by atoms with Gasteiger partial charge >= 0.3 is 0 Å². The molecule has 3 aromatic rings. The van der Waals surface area contributed by atoms with E-state index in [0.29, 0.717) is 33.3 Å². The Kier molecular flexibility index (Phi) is 4.72. The Labute approximate surface area is 172 Å². The Morgan fingerprint density at radius 2 is 1.69 bits per heavy atom. The first-order valence-electron chi connectivity index (χ1n) is 9.11. The molecule has 0 radical (unpaired) electrons. The van der Waals surface area contributed by atoms with Gasteiger partial charge in [0, 0.05) is 10.7 Å². The third-order valence-corrected chi connectivity index (χ3v) is 5.15. The van der Waals surface area contributed by atoms with Crippen molar-refractivity contribution in [3.8, 4) is 5.69 Å². The molecule has 1 N–H and O–H groups in total. The van der Waals surface area contributed by atoms with Crippen molar-refractivity contribution in [1.29, 1.82) is 0 Å². The van der Waals surface area contributed by atoms with E-state index in [1.54, 1.807) is 37.3 Å². The van der Waals surface area contributed by atoms with Gasteiger partial charge in [0.2, 0.25) is 0 Å². The molecule has 1 amide bonds. The minimum absolute atomic E-state index is 0.213. The van der Waals surface area contributed by atoms with Crippen LogP contribution in [0.3, 0.4) is 0 Å². The molecule has 1 aliphatic rings. The molecule has 0 saturated carbocycles. The van der Waals surface area contributed by atoms with Crippen LogP contribution < -0.4 is 10.6 Å². The lowest BCUT2D eigenvalue weighted by Gasteiger charge is -2.11. The zero-order valence-corrected chi connectivity index (χ0v) is 17.0. The van der Waals surface area contributed by atoms with Crippen LogP contribution in [0.25, 0.3) is 11.8 Å². The molecule has 1 aromatic heterocycles. The van der Waals surface area contributed by atoms with Crippen LogP contribution in [0.15, 0.2) is 64.0 Å². The normalized spacial score (nSPS) is 15.3. The number of para-hydroxylation sites is 1. The molecule has 0 saturated heterocycles. The number of hydrogen-bond acceptors (Lipinski definition) is 3. The Hall–Kier alpha value is -3.38. The summed E-state index contributed by atoms with van der Waals surface area (Å²) in [6, 6.07) is 14.5. The van der Waals surface area contributed by atoms with E-state index < -0.39 is 0 Å². The van der Waals surface area contributed by atoms with Crippen LogP contribution in [0.2, 0.25) is 5.02 Å². The number of rotatable bonds is 3. The number of benzene rings is 2. The summed E-state index contributed by atoms with van der Waals surface area (Å²) in [6.07, 6.45) is 1.61. The number of carbonyl (C=O) groups is 1. The Morgan fingerprint density at radius 1 is 1.00 bits per heavy atom. The van der Waals surface area contributed by atoms with Gasteiger partial charge in [-0.15, -0.1) is 0 Å². The molecule has 7 heteroatoms. The van der Waals surface area contributed by atoms with Gasteiger partial charge in [0.1, 0.15) is 0 Å². The van der Waals surface area contributed by atoms with Gasteiger partial charge in [-0.2, -0.15) is 10.1 Å². The van der Waals surface area contributed by atoms with Crippen LogP contribution >= 0.6 is 11.6 Å². The molecule has 0 atom stereocenters. The maximum absolute atomic E-state index is 13.0. The van der Waals surface area contributed by atoms with Crippen LogP contribution in [-0.2, 0) is 4.79 Å². The molecule has 146 valence electrons. The number of halogens is 1. The van der Waals surface area contributed by atoms with Crippen LogP contribution in [0.5, 0.6) is 0 Å². The zero-order chi connectivity index (χ0) is 20.7. The van der Waals surface area contributed by atoms with E-state index in [0.717, 1.165) is 11.3 Å². The number of carbonyl (C=O) groups excluding carboxylic acids is 1. The number of hydrogen-bond donors (Lipinski definition) is 1. The van der Waals surface area contributed by atoms with E-state index in [4.69, 9.17) is 11.6 Å². The monoisotopic (exact) mass is 406 g/mol. The summed E-state index contributed by atoms with van der Waals surface area (Å²) >= 11 is 5.93. The van der Waals surface area contributed by atoms with E-state index in [9.17, 15) is 9.59 Å². The number of hydrazone groups is 1. The van der Waals surface area contributed by atoms with Crippen molar-refractivity contribution in [1.82, 2.24) is 9.78 Å². The van der Waals surface area contributed by atoms with Crippen molar-refractivity contribution < 1.29 is 4.79 Å². The fourth-order valence-corrected chi connectivity index (χ4v) is 3.43. The summed E-state index contributed by atoms with van der Waals surface area (Å²) in [5.74, 6) is -0.285. The van der Waals surface area contributed by atoms with Crippen LogP contribution in [-0.4, -0.2) is 21.4 Å². The van der Waals surface area contributed by atoms with Crippen molar-refractivity contribution >= 4 is 35.0 Å². The fraction of sp³-hybridized carbons (Fsp3) is 0.136. The third kappa shape index (κ3) is 3.32. The lowest BCUT2D eigenvalue weighted by atomic mass is 10.1. The Balaban J connectivity index is 1.75. The minimum atomic E-state index is -0.285. The highest BCUT2D eigenvalue weighted by molar-refractivity contribution is 6.32. The SMILES string of the molecule is CC1=NN(c2ccc(Cl)cc2)C(=O)/C1=C\c1c(C)[nH]n(-c2ccccc2C)c1=O. The van der Waals surface area contributed by atoms with Gasteiger partial charge in [-0.25, -0.2) is 4.68 Å². The second-order valence-electron chi connectivity index (χ2n) is 6.91. The number of aromatic nitrogens is 2. The van der Waals surface area contributed by atoms with Gasteiger partial charge in [-0.1, -0.05) is 29.8 Å². The number of nitrogens with one attached hydrogen (secondary N) is 1. The molecule has 4 rings (SSSR count). The van der Waals surface area contributed by atoms with Gasteiger partial charge in [0.25, 0.3) is 11.5 Å². The lowest BCUT2D eigenvalue weighted by molar-refractivity contribution is -0.114. The van der Waals surface area contributed by atoms with Gasteiger partial charge in [-0.05, 0) is 62.7 Å². The number of aromatic amines is 1. The van der Waals surface area contributed by atoms with Crippen molar-refractivity contribution in [2.24, 2.45) is 5.10 Å². The maximum atomic E-state index is 13.0. The van der Waals surface area contributed by atoms with Crippen LogP contribution in [0.1, 0.15) is 23.7 Å². The molecule has 0 aliphatic carbocycles. The summed E-state index contributed by atoms with van der Waals surface area (Å²) in [5.41, 5.74) is 4.19. The molecule has 2 heterocycles. The van der Waals surface area contributed by atoms with E-state index >= 15 is 0 Å². The Bertz CT molecular complexity index is 1230. The molecular formula is C22H19ClN4O2. The topological polar surface area (TPSA) is 70.5 Å². The average Bonchev–Trinajstić information content (AvgIpc) is 3.14. The molecule has 0 fully saturated rings. The van der Waals surface area contributed by atoms with Crippen LogP contribution in [0.4, 0.5) is 5.69 Å². The first-order chi connectivity index (χ1) is 13.9. The standard InChI is InChI=1S/C22H19ClN4O2/c1-13-6-4-5-7-20(13)27-22(29)19(15(3)25-27)12-18-14(2)24-26(21(18)28)17-10-8-16(23)9-11-17/h4-12,25H,1-3H3/b18-12-. The van der Waals surface area contributed by atoms with E-state index in [-0.39, 0.29) is 11.5 Å². The number of aryl methyl sites for hydroxylation is 2. The summed E-state index contributed by atoms with van der Waals surface area (Å²) in [5, 5.41) is 9.36. The predicted molar refractivity (Wildman–Crippen MR) is 116 cm³/mol. The van der Waals surface area contributed by atoms with Gasteiger partial charge < -0.3 is 0 Å². The summed E-state index contributed by atoms with van der Waals surface area (Å²) in [7, 11) is 0. The number of H-pyrrole nitrogens is 1. The minimum Gasteiger partial charge on any atom is -0.295 e. The number of amides is 1. The lowest BCUT2D eigenvalue weighted by Crippen LogP contribution is -2.22. The second-order valence-corrected chi connectivity index (χ2v) is 7.35. The summed E-state index contributed by atoms with van der Waals surface area (Å²) < 4.78 is 1.50. The first-order valence-corrected chi connectivity index (χ1v) is 9.49. The quantitative estimate of drug-likeness (QED) is 0.661. The van der Waals surface area contributed by atoms with E-state index in [1.165, 1.54) is 9.69 Å². The Morgan fingerprint density at radius 3 is 2.38 bits per heavy atom. The van der Waals surface area contributed by atoms with Crippen molar-refractivity contribution in [3.63, 3.8) is 0 Å². The summed E-state index contributed by atoms with van der Waals surface area (Å²) in [6.45, 7) is 5.50. The summed E-state index contributed by atoms with van der Waals surface area (Å²) in [4.78, 5) is 26.0. The molecule has 0 unspecified atom stereocenters. The van der Waals surface area contributed by atoms with E-state index in [2.05, 4.69) is 10.2 Å². The average molecular weight is 407 g/mol. The first kappa shape index (κ1) is 19.0. The smallest absolute Gasteiger partial charge is 0.280 e. The maximum Gasteiger partial charge on any atom is 0.280 e. The largest absolute Gasteiger partial charge is 0.295 e. The highest BCUT2D eigenvalue weighted by atomic mass is 35.5. The molecule has 6 nitrogen and oxygen atoms in total. The molecule has 29 heavy (non-hydrogen) atoms. The molecule has 0 spiro atoms. The van der Waals surface area contributed by atoms with Crippen molar-refractivity contribution in [2.75, 3.05) is 5.01 Å². The van der Waals surface area contributed by atoms with Gasteiger partial charge in [0.05, 0.1) is 28.2 Å². The molecular weight excluding hydrogens is 388 g/mol. The number of nitrogens with zero attached hydrogens (tertiary/aromatic N) is 3.